The molecule has 2 amide bonds. The van der Waals surface area contributed by atoms with Gasteiger partial charge in [-0.05, 0) is 42.3 Å². The van der Waals surface area contributed by atoms with Crippen LogP contribution in [0, 0.1) is 0 Å². The number of hydrogen-bond donors (Lipinski definition) is 2. The third kappa shape index (κ3) is 4.29. The fourth-order valence-electron chi connectivity index (χ4n) is 3.95. The summed E-state index contributed by atoms with van der Waals surface area (Å²) in [6, 6.07) is 11.3. The summed E-state index contributed by atoms with van der Waals surface area (Å²) in [5.41, 5.74) is 9.13. The van der Waals surface area contributed by atoms with Gasteiger partial charge in [0.25, 0.3) is 5.91 Å². The molecule has 2 aliphatic rings. The van der Waals surface area contributed by atoms with Gasteiger partial charge in [0.05, 0.1) is 0 Å². The number of carbonyl (C=O) groups is 2. The summed E-state index contributed by atoms with van der Waals surface area (Å²) >= 11 is 0. The zero-order valence-electron chi connectivity index (χ0n) is 17.4. The molecule has 0 radical (unpaired) electrons. The highest BCUT2D eigenvalue weighted by molar-refractivity contribution is 5.94. The Labute approximate surface area is 176 Å². The largest absolute Gasteiger partial charge is 0.378 e. The molecule has 1 aromatic carbocycles. The normalized spacial score (nSPS) is 21.5. The van der Waals surface area contributed by atoms with Gasteiger partial charge < -0.3 is 14.7 Å². The Kier molecular flexibility index (Phi) is 5.96. The summed E-state index contributed by atoms with van der Waals surface area (Å²) in [4.78, 5) is 35.5. The number of anilines is 1. The lowest BCUT2D eigenvalue weighted by molar-refractivity contribution is -0.134. The van der Waals surface area contributed by atoms with E-state index in [1.54, 1.807) is 6.20 Å². The van der Waals surface area contributed by atoms with E-state index in [1.165, 1.54) is 0 Å². The number of aromatic nitrogens is 1. The first-order valence-electron chi connectivity index (χ1n) is 10.3. The number of carbonyl (C=O) groups excluding carboxylic acids is 2. The first-order chi connectivity index (χ1) is 14.5. The van der Waals surface area contributed by atoms with Crippen LogP contribution in [0.5, 0.6) is 0 Å². The maximum atomic E-state index is 12.9. The summed E-state index contributed by atoms with van der Waals surface area (Å²) in [6.45, 7) is 2.20. The molecule has 0 spiro atoms. The molecule has 2 atom stereocenters. The van der Waals surface area contributed by atoms with Gasteiger partial charge >= 0.3 is 0 Å². The molecule has 8 nitrogen and oxygen atoms in total. The van der Waals surface area contributed by atoms with Crippen molar-refractivity contribution in [2.45, 2.75) is 18.5 Å². The van der Waals surface area contributed by atoms with Crippen LogP contribution in [-0.4, -0.2) is 72.9 Å². The lowest BCUT2D eigenvalue weighted by atomic mass is 10.0. The second-order valence-corrected chi connectivity index (χ2v) is 7.97. The highest BCUT2D eigenvalue weighted by atomic mass is 16.2. The Hall–Kier alpha value is -2.97. The molecule has 1 aromatic heterocycles. The number of piperazine rings is 1. The van der Waals surface area contributed by atoms with Gasteiger partial charge in [0.1, 0.15) is 6.04 Å². The number of amides is 2. The van der Waals surface area contributed by atoms with Gasteiger partial charge in [-0.1, -0.05) is 6.07 Å². The van der Waals surface area contributed by atoms with Crippen LogP contribution in [0.15, 0.2) is 48.8 Å². The number of nitrogens with zero attached hydrogens (tertiary/aromatic N) is 4. The zero-order chi connectivity index (χ0) is 21.1. The van der Waals surface area contributed by atoms with E-state index in [0.717, 1.165) is 11.3 Å². The van der Waals surface area contributed by atoms with E-state index in [9.17, 15) is 9.59 Å². The average Bonchev–Trinajstić information content (AvgIpc) is 3.29. The second kappa shape index (κ2) is 8.81. The van der Waals surface area contributed by atoms with Crippen molar-refractivity contribution in [2.75, 3.05) is 45.2 Å². The van der Waals surface area contributed by atoms with Crippen molar-refractivity contribution in [3.05, 3.63) is 59.9 Å². The van der Waals surface area contributed by atoms with Crippen LogP contribution in [-0.2, 0) is 4.79 Å². The van der Waals surface area contributed by atoms with Gasteiger partial charge in [-0.2, -0.15) is 0 Å². The van der Waals surface area contributed by atoms with Crippen LogP contribution >= 0.6 is 0 Å². The van der Waals surface area contributed by atoms with Crippen LogP contribution in [0.1, 0.15) is 28.4 Å². The lowest BCUT2D eigenvalue weighted by Gasteiger charge is -2.36. The zero-order valence-corrected chi connectivity index (χ0v) is 17.4. The monoisotopic (exact) mass is 408 g/mol. The molecule has 2 saturated heterocycles. The molecule has 0 saturated carbocycles. The summed E-state index contributed by atoms with van der Waals surface area (Å²) in [7, 11) is 3.95. The number of nitrogens with one attached hydrogen (secondary N) is 2. The first-order valence-corrected chi connectivity index (χ1v) is 10.3. The van der Waals surface area contributed by atoms with Gasteiger partial charge in [0.2, 0.25) is 5.91 Å². The first kappa shape index (κ1) is 20.3. The van der Waals surface area contributed by atoms with E-state index in [4.69, 9.17) is 0 Å². The van der Waals surface area contributed by atoms with Crippen LogP contribution < -0.4 is 15.8 Å². The number of rotatable bonds is 4. The van der Waals surface area contributed by atoms with E-state index < -0.39 is 0 Å². The molecule has 4 rings (SSSR count). The van der Waals surface area contributed by atoms with Gasteiger partial charge in [-0.3, -0.25) is 14.6 Å². The van der Waals surface area contributed by atoms with Crippen LogP contribution in [0.25, 0.3) is 0 Å². The smallest absolute Gasteiger partial charge is 0.253 e. The van der Waals surface area contributed by atoms with Crippen molar-refractivity contribution in [3.8, 4) is 0 Å². The molecule has 0 aliphatic carbocycles. The number of hydrogen-bond acceptors (Lipinski definition) is 6. The standard InChI is InChI=1S/C22H28N6O2/c1-26(2)18-7-5-16(6-8-18)21(29)27-10-12-28(13-11-27)22(30)20-14-19(24-25-20)17-4-3-9-23-15-17/h3-9,15,19-20,24-25H,10-14H2,1-2H3. The highest BCUT2D eigenvalue weighted by Gasteiger charge is 2.34. The molecule has 2 N–H and O–H groups in total. The Balaban J connectivity index is 1.30. The number of hydrazine groups is 1. The van der Waals surface area contributed by atoms with E-state index in [0.29, 0.717) is 38.2 Å². The van der Waals surface area contributed by atoms with Gasteiger partial charge in [-0.25, -0.2) is 10.9 Å². The van der Waals surface area contributed by atoms with Gasteiger partial charge in [0, 0.05) is 70.0 Å². The Morgan fingerprint density at radius 2 is 1.70 bits per heavy atom. The summed E-state index contributed by atoms with van der Waals surface area (Å²) in [5.74, 6) is 0.0982. The molecule has 0 bridgehead atoms. The molecular formula is C22H28N6O2. The van der Waals surface area contributed by atoms with Crippen LogP contribution in [0.3, 0.4) is 0 Å². The molecule has 3 heterocycles. The Bertz CT molecular complexity index is 878. The van der Waals surface area contributed by atoms with E-state index in [-0.39, 0.29) is 23.9 Å². The summed E-state index contributed by atoms with van der Waals surface area (Å²) in [5, 5.41) is 0. The molecule has 8 heteroatoms. The molecule has 2 fully saturated rings. The third-order valence-corrected chi connectivity index (χ3v) is 5.80. The minimum absolute atomic E-state index is 0.0182. The predicted molar refractivity (Wildman–Crippen MR) is 115 cm³/mol. The van der Waals surface area contributed by atoms with Crippen LogP contribution in [0.2, 0.25) is 0 Å². The molecule has 2 aliphatic heterocycles. The molecule has 2 unspecified atom stereocenters. The van der Waals surface area contributed by atoms with E-state index in [2.05, 4.69) is 15.8 Å². The lowest BCUT2D eigenvalue weighted by Crippen LogP contribution is -2.54. The van der Waals surface area contributed by atoms with Crippen molar-refractivity contribution in [3.63, 3.8) is 0 Å². The number of pyridine rings is 1. The predicted octanol–water partition coefficient (Wildman–Crippen LogP) is 1.04. The van der Waals surface area contributed by atoms with E-state index >= 15 is 0 Å². The topological polar surface area (TPSA) is 80.8 Å². The molecule has 2 aromatic rings. The van der Waals surface area contributed by atoms with Gasteiger partial charge in [0.15, 0.2) is 0 Å². The Morgan fingerprint density at radius 3 is 2.33 bits per heavy atom. The SMILES string of the molecule is CN(C)c1ccc(C(=O)N2CCN(C(=O)C3CC(c4cccnc4)NN3)CC2)cc1. The fraction of sp³-hybridized carbons (Fsp3) is 0.409. The Morgan fingerprint density at radius 1 is 1.00 bits per heavy atom. The second-order valence-electron chi connectivity index (χ2n) is 7.97. The van der Waals surface area contributed by atoms with Crippen molar-refractivity contribution < 1.29 is 9.59 Å². The third-order valence-electron chi connectivity index (χ3n) is 5.80. The average molecular weight is 409 g/mol. The minimum atomic E-state index is -0.268. The van der Waals surface area contributed by atoms with Crippen molar-refractivity contribution in [1.29, 1.82) is 0 Å². The molecule has 30 heavy (non-hydrogen) atoms. The maximum Gasteiger partial charge on any atom is 0.253 e. The number of benzene rings is 1. The van der Waals surface area contributed by atoms with Crippen molar-refractivity contribution in [1.82, 2.24) is 25.6 Å². The molecule has 158 valence electrons. The maximum absolute atomic E-state index is 12.9. The minimum Gasteiger partial charge on any atom is -0.378 e. The quantitative estimate of drug-likeness (QED) is 0.787. The summed E-state index contributed by atoms with van der Waals surface area (Å²) in [6.07, 6.45) is 4.25. The summed E-state index contributed by atoms with van der Waals surface area (Å²) < 4.78 is 0. The van der Waals surface area contributed by atoms with Crippen LogP contribution in [0.4, 0.5) is 5.69 Å². The van der Waals surface area contributed by atoms with Crippen molar-refractivity contribution >= 4 is 17.5 Å². The molecular weight excluding hydrogens is 380 g/mol. The fourth-order valence-corrected chi connectivity index (χ4v) is 3.95. The van der Waals surface area contributed by atoms with E-state index in [1.807, 2.05) is 71.4 Å². The highest BCUT2D eigenvalue weighted by Crippen LogP contribution is 2.23. The van der Waals surface area contributed by atoms with Crippen molar-refractivity contribution in [2.24, 2.45) is 0 Å². The van der Waals surface area contributed by atoms with Gasteiger partial charge in [-0.15, -0.1) is 0 Å².